The van der Waals surface area contributed by atoms with Crippen LogP contribution < -0.4 is 5.32 Å². The van der Waals surface area contributed by atoms with Gasteiger partial charge in [0.05, 0.1) is 23.0 Å². The fourth-order valence-corrected chi connectivity index (χ4v) is 3.85. The van der Waals surface area contributed by atoms with Crippen molar-refractivity contribution < 1.29 is 0 Å². The van der Waals surface area contributed by atoms with Gasteiger partial charge in [-0.2, -0.15) is 9.94 Å². The maximum atomic E-state index is 9.05. The molecule has 1 N–H and O–H groups in total. The number of anilines is 1. The molecule has 0 amide bonds. The van der Waals surface area contributed by atoms with Gasteiger partial charge in [0.25, 0.3) is 0 Å². The summed E-state index contributed by atoms with van der Waals surface area (Å²) in [5.74, 6) is 0.723. The lowest BCUT2D eigenvalue weighted by Crippen LogP contribution is -2.05. The van der Waals surface area contributed by atoms with Gasteiger partial charge in [-0.25, -0.2) is 0 Å². The van der Waals surface area contributed by atoms with E-state index in [1.54, 1.807) is 0 Å². The second-order valence-electron chi connectivity index (χ2n) is 7.47. The number of rotatable bonds is 5. The molecule has 1 aliphatic heterocycles. The van der Waals surface area contributed by atoms with Crippen molar-refractivity contribution in [1.82, 2.24) is 24.8 Å². The van der Waals surface area contributed by atoms with E-state index in [0.29, 0.717) is 5.56 Å². The van der Waals surface area contributed by atoms with Crippen molar-refractivity contribution in [1.29, 1.82) is 5.26 Å². The molecular weight excluding hydrogens is 374 g/mol. The maximum Gasteiger partial charge on any atom is 0.203 e. The number of nitrogens with zero attached hydrogens (tertiary/aromatic N) is 6. The molecule has 4 aromatic rings. The molecule has 0 atom stereocenters. The van der Waals surface area contributed by atoms with E-state index >= 15 is 0 Å². The first-order valence-electron chi connectivity index (χ1n) is 10.1. The zero-order valence-corrected chi connectivity index (χ0v) is 16.7. The van der Waals surface area contributed by atoms with Gasteiger partial charge in [-0.05, 0) is 64.4 Å². The van der Waals surface area contributed by atoms with Crippen LogP contribution in [0.25, 0.3) is 28.3 Å². The van der Waals surface area contributed by atoms with Crippen molar-refractivity contribution in [2.45, 2.75) is 26.3 Å². The molecule has 0 aliphatic carbocycles. The molecule has 2 aromatic carbocycles. The lowest BCUT2D eigenvalue weighted by molar-refractivity contribution is 0.777. The van der Waals surface area contributed by atoms with Crippen molar-refractivity contribution in [3.63, 3.8) is 0 Å². The normalized spacial score (nSPS) is 11.7. The summed E-state index contributed by atoms with van der Waals surface area (Å²) in [5.41, 5.74) is 7.02. The first kappa shape index (κ1) is 18.1. The van der Waals surface area contributed by atoms with Crippen LogP contribution in [0.1, 0.15) is 30.9 Å². The largest absolute Gasteiger partial charge is 0.385 e. The van der Waals surface area contributed by atoms with Gasteiger partial charge >= 0.3 is 0 Å². The van der Waals surface area contributed by atoms with E-state index in [0.717, 1.165) is 65.5 Å². The molecule has 0 bridgehead atoms. The number of aromatic nitrogens is 5. The van der Waals surface area contributed by atoms with Gasteiger partial charge in [0.15, 0.2) is 0 Å². The van der Waals surface area contributed by atoms with Crippen LogP contribution in [0.2, 0.25) is 0 Å². The Labute approximate surface area is 174 Å². The topological polar surface area (TPSA) is 84.3 Å². The van der Waals surface area contributed by atoms with Crippen molar-refractivity contribution in [3.8, 4) is 34.4 Å². The van der Waals surface area contributed by atoms with E-state index < -0.39 is 0 Å². The molecular formula is C23H21N7. The summed E-state index contributed by atoms with van der Waals surface area (Å²) >= 11 is 0. The molecule has 0 saturated heterocycles. The number of nitrogens with one attached hydrogen (secondary N) is 1. The summed E-state index contributed by atoms with van der Waals surface area (Å²) in [4.78, 5) is 0. The third kappa shape index (κ3) is 3.12. The number of unbranched alkanes of at least 4 members (excludes halogenated alkanes) is 1. The zero-order valence-electron chi connectivity index (χ0n) is 16.7. The Kier molecular flexibility index (Phi) is 4.52. The summed E-state index contributed by atoms with van der Waals surface area (Å²) in [5, 5.41) is 25.0. The van der Waals surface area contributed by atoms with Gasteiger partial charge in [0, 0.05) is 30.5 Å². The van der Waals surface area contributed by atoms with E-state index in [4.69, 9.17) is 5.26 Å². The van der Waals surface area contributed by atoms with Crippen LogP contribution in [-0.2, 0) is 6.54 Å². The number of tetrazole rings is 1. The molecule has 0 fully saturated rings. The molecule has 5 rings (SSSR count). The fourth-order valence-electron chi connectivity index (χ4n) is 3.85. The van der Waals surface area contributed by atoms with Gasteiger partial charge in [-0.15, -0.1) is 5.10 Å². The van der Waals surface area contributed by atoms with Crippen molar-refractivity contribution in [3.05, 3.63) is 65.9 Å². The first-order valence-corrected chi connectivity index (χ1v) is 10.1. The molecule has 7 heteroatoms. The van der Waals surface area contributed by atoms with Crippen LogP contribution in [0.15, 0.2) is 54.7 Å². The van der Waals surface area contributed by atoms with Crippen LogP contribution in [0, 0.1) is 11.3 Å². The summed E-state index contributed by atoms with van der Waals surface area (Å²) in [6, 6.07) is 18.3. The van der Waals surface area contributed by atoms with Gasteiger partial charge in [0.1, 0.15) is 0 Å². The van der Waals surface area contributed by atoms with Gasteiger partial charge < -0.3 is 9.88 Å². The van der Waals surface area contributed by atoms with Crippen LogP contribution in [0.4, 0.5) is 5.69 Å². The Morgan fingerprint density at radius 2 is 1.97 bits per heavy atom. The highest BCUT2D eigenvalue weighted by atomic mass is 15.5. The molecule has 3 heterocycles. The Hall–Kier alpha value is -3.92. The Balaban J connectivity index is 1.56. The van der Waals surface area contributed by atoms with Crippen LogP contribution >= 0.6 is 0 Å². The maximum absolute atomic E-state index is 9.05. The molecule has 30 heavy (non-hydrogen) atoms. The third-order valence-corrected chi connectivity index (χ3v) is 5.45. The smallest absolute Gasteiger partial charge is 0.203 e. The highest BCUT2D eigenvalue weighted by Gasteiger charge is 2.23. The monoisotopic (exact) mass is 395 g/mol. The fraction of sp³-hybridized carbons (Fsp3) is 0.217. The highest BCUT2D eigenvalue weighted by Crippen LogP contribution is 2.33. The van der Waals surface area contributed by atoms with E-state index in [1.807, 2.05) is 28.9 Å². The minimum absolute atomic E-state index is 0.653. The first-order chi connectivity index (χ1) is 14.8. The number of benzene rings is 2. The van der Waals surface area contributed by atoms with Crippen molar-refractivity contribution in [2.24, 2.45) is 0 Å². The molecule has 1 aliphatic rings. The van der Waals surface area contributed by atoms with Crippen molar-refractivity contribution >= 4 is 5.69 Å². The molecule has 148 valence electrons. The third-order valence-electron chi connectivity index (χ3n) is 5.45. The Bertz CT molecular complexity index is 1240. The quantitative estimate of drug-likeness (QED) is 0.450. The van der Waals surface area contributed by atoms with E-state index in [1.165, 1.54) is 0 Å². The number of nitriles is 1. The van der Waals surface area contributed by atoms with E-state index in [-0.39, 0.29) is 0 Å². The predicted molar refractivity (Wildman–Crippen MR) is 115 cm³/mol. The lowest BCUT2D eigenvalue weighted by atomic mass is 10.1. The average Bonchev–Trinajstić information content (AvgIpc) is 3.39. The molecule has 0 unspecified atom stereocenters. The van der Waals surface area contributed by atoms with E-state index in [9.17, 15) is 0 Å². The lowest BCUT2D eigenvalue weighted by Gasteiger charge is -2.12. The van der Waals surface area contributed by atoms with Gasteiger partial charge in [-0.3, -0.25) is 0 Å². The van der Waals surface area contributed by atoms with E-state index in [2.05, 4.69) is 68.9 Å². The minimum Gasteiger partial charge on any atom is -0.385 e. The second kappa shape index (κ2) is 7.48. The zero-order chi connectivity index (χ0) is 20.5. The molecule has 0 saturated carbocycles. The average molecular weight is 395 g/mol. The molecule has 0 spiro atoms. The summed E-state index contributed by atoms with van der Waals surface area (Å²) < 4.78 is 4.00. The summed E-state index contributed by atoms with van der Waals surface area (Å²) in [6.07, 6.45) is 4.43. The molecule has 7 nitrogen and oxygen atoms in total. The standard InChI is InChI=1S/C23H21N7/c1-2-3-10-25-20-8-9-21-19(11-20)15-29-14-18(17-6-4-16(13-24)5-7-17)12-22(29)23-26-27-28-30(21)23/h4-9,11-12,14,25H,2-3,10,15H2,1H3. The second-order valence-corrected chi connectivity index (χ2v) is 7.47. The number of hydrogen-bond acceptors (Lipinski definition) is 5. The van der Waals surface area contributed by atoms with Crippen LogP contribution in [0.5, 0.6) is 0 Å². The van der Waals surface area contributed by atoms with Gasteiger partial charge in [0.2, 0.25) is 5.82 Å². The highest BCUT2D eigenvalue weighted by molar-refractivity contribution is 5.72. The predicted octanol–water partition coefficient (Wildman–Crippen LogP) is 4.24. The van der Waals surface area contributed by atoms with Crippen LogP contribution in [-0.4, -0.2) is 31.3 Å². The molecule has 2 aromatic heterocycles. The number of hydrogen-bond donors (Lipinski definition) is 1. The van der Waals surface area contributed by atoms with Crippen LogP contribution in [0.3, 0.4) is 0 Å². The summed E-state index contributed by atoms with van der Waals surface area (Å²) in [7, 11) is 0. The number of fused-ring (bicyclic) bond motifs is 5. The molecule has 0 radical (unpaired) electrons. The Morgan fingerprint density at radius 1 is 1.10 bits per heavy atom. The Morgan fingerprint density at radius 3 is 2.77 bits per heavy atom. The SMILES string of the molecule is CCCCNc1ccc2c(c1)Cn1cc(-c3ccc(C#N)cc3)cc1-c1nnnn1-2. The van der Waals surface area contributed by atoms with Gasteiger partial charge in [-0.1, -0.05) is 25.5 Å². The summed E-state index contributed by atoms with van der Waals surface area (Å²) in [6.45, 7) is 3.87. The minimum atomic E-state index is 0.653. The van der Waals surface area contributed by atoms with Crippen molar-refractivity contribution in [2.75, 3.05) is 11.9 Å².